The molecular formula is C14H24ClN3O4S. The van der Waals surface area contributed by atoms with Crippen LogP contribution in [-0.4, -0.2) is 45.9 Å². The largest absolute Gasteiger partial charge is 0.496 e. The minimum atomic E-state index is -3.75. The molecule has 0 fully saturated rings. The van der Waals surface area contributed by atoms with Crippen LogP contribution in [0.3, 0.4) is 0 Å². The van der Waals surface area contributed by atoms with Crippen LogP contribution in [0.2, 0.25) is 0 Å². The van der Waals surface area contributed by atoms with Crippen molar-refractivity contribution in [1.29, 1.82) is 0 Å². The zero-order valence-corrected chi connectivity index (χ0v) is 15.3. The van der Waals surface area contributed by atoms with Crippen LogP contribution in [0.15, 0.2) is 23.1 Å². The summed E-state index contributed by atoms with van der Waals surface area (Å²) in [5.74, 6) is -0.518. The number of primary amides is 1. The van der Waals surface area contributed by atoms with Gasteiger partial charge in [-0.2, -0.15) is 0 Å². The van der Waals surface area contributed by atoms with E-state index in [4.69, 9.17) is 16.2 Å². The first kappa shape index (κ1) is 21.6. The van der Waals surface area contributed by atoms with Crippen LogP contribution in [0.1, 0.15) is 24.2 Å². The standard InChI is InChI=1S/C14H23N3O4S.ClH/c1-14(2,8-15)9-17(3)22(19,20)10-5-6-12(21-4)11(7-10)13(16)18;/h5-7H,8-9,15H2,1-4H3,(H2,16,18);1H. The Labute approximate surface area is 143 Å². The zero-order chi connectivity index (χ0) is 17.1. The van der Waals surface area contributed by atoms with E-state index in [2.05, 4.69) is 0 Å². The second-order valence-corrected chi connectivity index (χ2v) is 7.90. The number of nitrogens with two attached hydrogens (primary N) is 2. The van der Waals surface area contributed by atoms with E-state index in [9.17, 15) is 13.2 Å². The quantitative estimate of drug-likeness (QED) is 0.742. The number of hydrogen-bond donors (Lipinski definition) is 2. The first-order valence-corrected chi connectivity index (χ1v) is 8.13. The third kappa shape index (κ3) is 5.07. The van der Waals surface area contributed by atoms with Crippen LogP contribution in [-0.2, 0) is 10.0 Å². The SMILES string of the molecule is COc1ccc(S(=O)(=O)N(C)CC(C)(C)CN)cc1C(N)=O.Cl. The average molecular weight is 366 g/mol. The summed E-state index contributed by atoms with van der Waals surface area (Å²) in [6.45, 7) is 4.36. The molecule has 1 amide bonds. The second kappa shape index (κ2) is 7.96. The highest BCUT2D eigenvalue weighted by atomic mass is 35.5. The van der Waals surface area contributed by atoms with Crippen molar-refractivity contribution in [3.05, 3.63) is 23.8 Å². The summed E-state index contributed by atoms with van der Waals surface area (Å²) >= 11 is 0. The van der Waals surface area contributed by atoms with Gasteiger partial charge in [0.25, 0.3) is 5.91 Å². The maximum absolute atomic E-state index is 12.6. The molecule has 0 aliphatic heterocycles. The third-order valence-electron chi connectivity index (χ3n) is 3.35. The lowest BCUT2D eigenvalue weighted by atomic mass is 9.94. The zero-order valence-electron chi connectivity index (χ0n) is 13.7. The number of amides is 1. The molecule has 0 unspecified atom stereocenters. The predicted molar refractivity (Wildman–Crippen MR) is 91.4 cm³/mol. The summed E-state index contributed by atoms with van der Waals surface area (Å²) in [5.41, 5.74) is 10.6. The Morgan fingerprint density at radius 3 is 2.35 bits per heavy atom. The van der Waals surface area contributed by atoms with Gasteiger partial charge in [0.05, 0.1) is 17.6 Å². The molecular weight excluding hydrogens is 342 g/mol. The number of carbonyl (C=O) groups excluding carboxylic acids is 1. The molecule has 0 bridgehead atoms. The number of carbonyl (C=O) groups is 1. The molecule has 0 radical (unpaired) electrons. The molecule has 0 atom stereocenters. The molecule has 0 heterocycles. The van der Waals surface area contributed by atoms with Gasteiger partial charge in [0.15, 0.2) is 0 Å². The van der Waals surface area contributed by atoms with Crippen LogP contribution in [0.4, 0.5) is 0 Å². The highest BCUT2D eigenvalue weighted by Gasteiger charge is 2.28. The number of hydrogen-bond acceptors (Lipinski definition) is 5. The van der Waals surface area contributed by atoms with E-state index in [-0.39, 0.29) is 40.6 Å². The highest BCUT2D eigenvalue weighted by molar-refractivity contribution is 7.89. The van der Waals surface area contributed by atoms with Gasteiger partial charge in [0, 0.05) is 13.6 Å². The maximum atomic E-state index is 12.6. The van der Waals surface area contributed by atoms with Gasteiger partial charge >= 0.3 is 0 Å². The molecule has 0 aromatic heterocycles. The Morgan fingerprint density at radius 1 is 1.35 bits per heavy atom. The van der Waals surface area contributed by atoms with Crippen molar-refractivity contribution in [3.63, 3.8) is 0 Å². The lowest BCUT2D eigenvalue weighted by Crippen LogP contribution is -2.39. The lowest BCUT2D eigenvalue weighted by Gasteiger charge is -2.28. The molecule has 132 valence electrons. The van der Waals surface area contributed by atoms with Gasteiger partial charge in [-0.05, 0) is 30.2 Å². The van der Waals surface area contributed by atoms with Gasteiger partial charge in [-0.1, -0.05) is 13.8 Å². The number of methoxy groups -OCH3 is 1. The monoisotopic (exact) mass is 365 g/mol. The van der Waals surface area contributed by atoms with Gasteiger partial charge in [-0.3, -0.25) is 4.79 Å². The molecule has 9 heteroatoms. The number of ether oxygens (including phenoxy) is 1. The summed E-state index contributed by atoms with van der Waals surface area (Å²) in [6, 6.07) is 4.02. The average Bonchev–Trinajstić information content (AvgIpc) is 2.45. The van der Waals surface area contributed by atoms with Gasteiger partial charge in [-0.15, -0.1) is 12.4 Å². The number of nitrogens with zero attached hydrogens (tertiary/aromatic N) is 1. The molecule has 7 nitrogen and oxygen atoms in total. The van der Waals surface area contributed by atoms with Crippen LogP contribution in [0, 0.1) is 5.41 Å². The van der Waals surface area contributed by atoms with Crippen LogP contribution < -0.4 is 16.2 Å². The van der Waals surface area contributed by atoms with E-state index in [1.54, 1.807) is 0 Å². The molecule has 1 aromatic carbocycles. The van der Waals surface area contributed by atoms with Crippen molar-refractivity contribution in [2.45, 2.75) is 18.7 Å². The number of rotatable bonds is 7. The molecule has 23 heavy (non-hydrogen) atoms. The van der Waals surface area contributed by atoms with Crippen LogP contribution in [0.5, 0.6) is 5.75 Å². The Balaban J connectivity index is 0.00000484. The summed E-state index contributed by atoms with van der Waals surface area (Å²) in [7, 11) is -0.895. The fraction of sp³-hybridized carbons (Fsp3) is 0.500. The summed E-state index contributed by atoms with van der Waals surface area (Å²) in [6.07, 6.45) is 0. The molecule has 0 spiro atoms. The van der Waals surface area contributed by atoms with E-state index in [1.165, 1.54) is 36.7 Å². The van der Waals surface area contributed by atoms with Crippen molar-refractivity contribution < 1.29 is 17.9 Å². The summed E-state index contributed by atoms with van der Waals surface area (Å²) in [4.78, 5) is 11.4. The number of benzene rings is 1. The number of halogens is 1. The summed E-state index contributed by atoms with van der Waals surface area (Å²) in [5, 5.41) is 0. The molecule has 0 saturated heterocycles. The lowest BCUT2D eigenvalue weighted by molar-refractivity contribution is 0.0997. The fourth-order valence-corrected chi connectivity index (χ4v) is 3.36. The smallest absolute Gasteiger partial charge is 0.252 e. The van der Waals surface area contributed by atoms with Crippen molar-refractivity contribution in [2.75, 3.05) is 27.2 Å². The van der Waals surface area contributed by atoms with Crippen molar-refractivity contribution in [1.82, 2.24) is 4.31 Å². The number of sulfonamides is 1. The minimum Gasteiger partial charge on any atom is -0.496 e. The fourth-order valence-electron chi connectivity index (χ4n) is 1.97. The Kier molecular flexibility index (Phi) is 7.49. The molecule has 1 rings (SSSR count). The normalized spacial score (nSPS) is 11.9. The second-order valence-electron chi connectivity index (χ2n) is 5.86. The molecule has 4 N–H and O–H groups in total. The minimum absolute atomic E-state index is 0. The Morgan fingerprint density at radius 2 is 1.91 bits per heavy atom. The van der Waals surface area contributed by atoms with E-state index in [0.29, 0.717) is 6.54 Å². The molecule has 0 aliphatic carbocycles. The van der Waals surface area contributed by atoms with Crippen molar-refractivity contribution >= 4 is 28.3 Å². The Hall–Kier alpha value is -1.35. The van der Waals surface area contributed by atoms with Crippen LogP contribution >= 0.6 is 12.4 Å². The first-order chi connectivity index (χ1) is 10.0. The first-order valence-electron chi connectivity index (χ1n) is 6.69. The Bertz CT molecular complexity index is 662. The van der Waals surface area contributed by atoms with Gasteiger partial charge < -0.3 is 16.2 Å². The van der Waals surface area contributed by atoms with E-state index >= 15 is 0 Å². The van der Waals surface area contributed by atoms with Gasteiger partial charge in [0.2, 0.25) is 10.0 Å². The predicted octanol–water partition coefficient (Wildman–Crippen LogP) is 0.821. The van der Waals surface area contributed by atoms with E-state index in [0.717, 1.165) is 0 Å². The van der Waals surface area contributed by atoms with Gasteiger partial charge in [-0.25, -0.2) is 12.7 Å². The van der Waals surface area contributed by atoms with Crippen molar-refractivity contribution in [2.24, 2.45) is 16.9 Å². The van der Waals surface area contributed by atoms with Crippen LogP contribution in [0.25, 0.3) is 0 Å². The molecule has 1 aromatic rings. The maximum Gasteiger partial charge on any atom is 0.252 e. The highest BCUT2D eigenvalue weighted by Crippen LogP contribution is 2.25. The van der Waals surface area contributed by atoms with Gasteiger partial charge in [0.1, 0.15) is 5.75 Å². The summed E-state index contributed by atoms with van der Waals surface area (Å²) < 4.78 is 31.4. The van der Waals surface area contributed by atoms with E-state index < -0.39 is 15.9 Å². The molecule has 0 aliphatic rings. The van der Waals surface area contributed by atoms with E-state index in [1.807, 2.05) is 13.8 Å². The third-order valence-corrected chi connectivity index (χ3v) is 5.15. The van der Waals surface area contributed by atoms with Crippen molar-refractivity contribution in [3.8, 4) is 5.75 Å². The topological polar surface area (TPSA) is 116 Å². The molecule has 0 saturated carbocycles.